The quantitative estimate of drug-likeness (QED) is 0.756. The van der Waals surface area contributed by atoms with Gasteiger partial charge in [0, 0.05) is 6.92 Å². The van der Waals surface area contributed by atoms with Crippen LogP contribution < -0.4 is 10.5 Å². The largest absolute Gasteiger partial charge is 0.404 e. The summed E-state index contributed by atoms with van der Waals surface area (Å²) in [6.45, 7) is 5.45. The molecule has 82 valence electrons. The van der Waals surface area contributed by atoms with Gasteiger partial charge in [-0.25, -0.2) is 9.97 Å². The third-order valence-corrected chi connectivity index (χ3v) is 1.67. The molecule has 5 nitrogen and oxygen atoms in total. The highest BCUT2D eigenvalue weighted by molar-refractivity contribution is 5.70. The molecule has 0 aliphatic heterocycles. The highest BCUT2D eigenvalue weighted by Crippen LogP contribution is 2.16. The summed E-state index contributed by atoms with van der Waals surface area (Å²) in [7, 11) is 0. The second-order valence-corrected chi connectivity index (χ2v) is 3.74. The van der Waals surface area contributed by atoms with Crippen LogP contribution in [0.2, 0.25) is 0 Å². The van der Waals surface area contributed by atoms with Gasteiger partial charge in [-0.05, 0) is 12.3 Å². The third kappa shape index (κ3) is 3.53. The Balaban J connectivity index is 2.89. The first-order chi connectivity index (χ1) is 6.99. The van der Waals surface area contributed by atoms with Gasteiger partial charge in [-0.15, -0.1) is 0 Å². The molecule has 0 spiro atoms. The molecule has 0 radical (unpaired) electrons. The number of anilines is 1. The molecule has 0 fully saturated rings. The molecular formula is C10H15N3O2. The molecule has 0 aliphatic rings. The first-order valence-electron chi connectivity index (χ1n) is 4.79. The van der Waals surface area contributed by atoms with E-state index >= 15 is 0 Å². The maximum Gasteiger partial charge on any atom is 0.309 e. The van der Waals surface area contributed by atoms with Gasteiger partial charge in [-0.3, -0.25) is 4.79 Å². The molecule has 0 atom stereocenters. The number of esters is 1. The maximum absolute atomic E-state index is 10.8. The van der Waals surface area contributed by atoms with Crippen LogP contribution in [0.1, 0.15) is 26.5 Å². The van der Waals surface area contributed by atoms with Crippen molar-refractivity contribution in [3.8, 4) is 5.88 Å². The molecular weight excluding hydrogens is 194 g/mol. The Morgan fingerprint density at radius 3 is 2.80 bits per heavy atom. The van der Waals surface area contributed by atoms with E-state index in [-0.39, 0.29) is 11.7 Å². The van der Waals surface area contributed by atoms with Gasteiger partial charge in [0.2, 0.25) is 0 Å². The molecule has 0 amide bonds. The fourth-order valence-electron chi connectivity index (χ4n) is 1.14. The Bertz CT molecular complexity index is 364. The van der Waals surface area contributed by atoms with Crippen LogP contribution in [0.25, 0.3) is 0 Å². The van der Waals surface area contributed by atoms with Crippen LogP contribution in [0.5, 0.6) is 5.88 Å². The van der Waals surface area contributed by atoms with Crippen molar-refractivity contribution in [1.82, 2.24) is 9.97 Å². The van der Waals surface area contributed by atoms with Crippen molar-refractivity contribution in [3.63, 3.8) is 0 Å². The number of carbonyl (C=O) groups is 1. The van der Waals surface area contributed by atoms with Gasteiger partial charge in [0.05, 0.1) is 11.9 Å². The van der Waals surface area contributed by atoms with Gasteiger partial charge in [-0.1, -0.05) is 13.8 Å². The van der Waals surface area contributed by atoms with E-state index in [1.807, 2.05) is 0 Å². The first-order valence-corrected chi connectivity index (χ1v) is 4.79. The lowest BCUT2D eigenvalue weighted by atomic mass is 10.1. The zero-order valence-corrected chi connectivity index (χ0v) is 9.15. The van der Waals surface area contributed by atoms with E-state index in [1.165, 1.54) is 6.92 Å². The lowest BCUT2D eigenvalue weighted by Gasteiger charge is -2.07. The SMILES string of the molecule is CC(=O)Oc1nc(CC(C)C)cnc1N. The minimum atomic E-state index is -0.447. The molecule has 0 saturated carbocycles. The van der Waals surface area contributed by atoms with E-state index in [9.17, 15) is 4.79 Å². The maximum atomic E-state index is 10.8. The number of carbonyl (C=O) groups excluding carboxylic acids is 1. The van der Waals surface area contributed by atoms with Crippen molar-refractivity contribution >= 4 is 11.8 Å². The molecule has 1 rings (SSSR count). The van der Waals surface area contributed by atoms with Crippen LogP contribution in [0.3, 0.4) is 0 Å². The lowest BCUT2D eigenvalue weighted by molar-refractivity contribution is -0.132. The molecule has 0 aromatic carbocycles. The predicted octanol–water partition coefficient (Wildman–Crippen LogP) is 1.18. The minimum absolute atomic E-state index is 0.0978. The predicted molar refractivity (Wildman–Crippen MR) is 56.3 cm³/mol. The Morgan fingerprint density at radius 1 is 1.60 bits per heavy atom. The number of nitrogens with two attached hydrogens (primary N) is 1. The van der Waals surface area contributed by atoms with E-state index in [0.29, 0.717) is 5.92 Å². The van der Waals surface area contributed by atoms with Crippen molar-refractivity contribution < 1.29 is 9.53 Å². The summed E-state index contributed by atoms with van der Waals surface area (Å²) in [5, 5.41) is 0. The number of rotatable bonds is 3. The number of nitrogen functional groups attached to an aromatic ring is 1. The summed E-state index contributed by atoms with van der Waals surface area (Å²) in [5.74, 6) is 0.254. The molecule has 2 N–H and O–H groups in total. The van der Waals surface area contributed by atoms with Crippen LogP contribution in [-0.4, -0.2) is 15.9 Å². The van der Waals surface area contributed by atoms with E-state index in [2.05, 4.69) is 23.8 Å². The Labute approximate surface area is 88.7 Å². The molecule has 5 heteroatoms. The molecule has 0 saturated heterocycles. The van der Waals surface area contributed by atoms with E-state index < -0.39 is 5.97 Å². The number of nitrogens with zero attached hydrogens (tertiary/aromatic N) is 2. The highest BCUT2D eigenvalue weighted by Gasteiger charge is 2.09. The summed E-state index contributed by atoms with van der Waals surface area (Å²) in [6, 6.07) is 0. The summed E-state index contributed by atoms with van der Waals surface area (Å²) in [4.78, 5) is 18.8. The zero-order valence-electron chi connectivity index (χ0n) is 9.15. The van der Waals surface area contributed by atoms with E-state index in [0.717, 1.165) is 12.1 Å². The number of ether oxygens (including phenoxy) is 1. The molecule has 15 heavy (non-hydrogen) atoms. The molecule has 0 bridgehead atoms. The van der Waals surface area contributed by atoms with Crippen LogP contribution >= 0.6 is 0 Å². The van der Waals surface area contributed by atoms with Gasteiger partial charge in [-0.2, -0.15) is 0 Å². The first kappa shape index (κ1) is 11.4. The Hall–Kier alpha value is -1.65. The van der Waals surface area contributed by atoms with Crippen molar-refractivity contribution in [1.29, 1.82) is 0 Å². The summed E-state index contributed by atoms with van der Waals surface area (Å²) in [5.41, 5.74) is 6.29. The van der Waals surface area contributed by atoms with Gasteiger partial charge in [0.25, 0.3) is 5.88 Å². The summed E-state index contributed by atoms with van der Waals surface area (Å²) in [6.07, 6.45) is 2.38. The van der Waals surface area contributed by atoms with Gasteiger partial charge < -0.3 is 10.5 Å². The van der Waals surface area contributed by atoms with Crippen LogP contribution in [0.4, 0.5) is 5.82 Å². The molecule has 1 heterocycles. The fourth-order valence-corrected chi connectivity index (χ4v) is 1.14. The zero-order chi connectivity index (χ0) is 11.4. The molecule has 0 aliphatic carbocycles. The number of hydrogen-bond acceptors (Lipinski definition) is 5. The second kappa shape index (κ2) is 4.72. The van der Waals surface area contributed by atoms with E-state index in [1.54, 1.807) is 6.20 Å². The number of aromatic nitrogens is 2. The van der Waals surface area contributed by atoms with Crippen molar-refractivity contribution in [2.45, 2.75) is 27.2 Å². The highest BCUT2D eigenvalue weighted by atomic mass is 16.5. The lowest BCUT2D eigenvalue weighted by Crippen LogP contribution is -2.09. The van der Waals surface area contributed by atoms with Crippen molar-refractivity contribution in [3.05, 3.63) is 11.9 Å². The topological polar surface area (TPSA) is 78.1 Å². The van der Waals surface area contributed by atoms with Crippen LogP contribution in [-0.2, 0) is 11.2 Å². The standard InChI is InChI=1S/C10H15N3O2/c1-6(2)4-8-5-12-9(11)10(13-8)15-7(3)14/h5-6H,4H2,1-3H3,(H2,11,12). The second-order valence-electron chi connectivity index (χ2n) is 3.74. The normalized spacial score (nSPS) is 10.4. The monoisotopic (exact) mass is 209 g/mol. The molecule has 1 aromatic heterocycles. The Kier molecular flexibility index (Phi) is 3.60. The van der Waals surface area contributed by atoms with Gasteiger partial charge in [0.15, 0.2) is 5.82 Å². The minimum Gasteiger partial charge on any atom is -0.404 e. The van der Waals surface area contributed by atoms with Gasteiger partial charge in [0.1, 0.15) is 0 Å². The number of hydrogen-bond donors (Lipinski definition) is 1. The van der Waals surface area contributed by atoms with Crippen molar-refractivity contribution in [2.75, 3.05) is 5.73 Å². The summed E-state index contributed by atoms with van der Waals surface area (Å²) >= 11 is 0. The van der Waals surface area contributed by atoms with Crippen molar-refractivity contribution in [2.24, 2.45) is 5.92 Å². The third-order valence-electron chi connectivity index (χ3n) is 1.67. The van der Waals surface area contributed by atoms with Gasteiger partial charge >= 0.3 is 5.97 Å². The average molecular weight is 209 g/mol. The summed E-state index contributed by atoms with van der Waals surface area (Å²) < 4.78 is 4.83. The smallest absolute Gasteiger partial charge is 0.309 e. The molecule has 0 unspecified atom stereocenters. The van der Waals surface area contributed by atoms with Crippen LogP contribution in [0.15, 0.2) is 6.20 Å². The molecule has 1 aromatic rings. The van der Waals surface area contributed by atoms with E-state index in [4.69, 9.17) is 10.5 Å². The average Bonchev–Trinajstić information content (AvgIpc) is 2.09. The van der Waals surface area contributed by atoms with Crippen LogP contribution in [0, 0.1) is 5.92 Å². The fraction of sp³-hybridized carbons (Fsp3) is 0.500. The Morgan fingerprint density at radius 2 is 2.27 bits per heavy atom.